The van der Waals surface area contributed by atoms with E-state index in [9.17, 15) is 5.11 Å². The maximum absolute atomic E-state index is 10.2. The second-order valence-electron chi connectivity index (χ2n) is 6.42. The van der Waals surface area contributed by atoms with Crippen LogP contribution in [0.5, 0.6) is 5.75 Å². The van der Waals surface area contributed by atoms with Gasteiger partial charge in [0.2, 0.25) is 0 Å². The van der Waals surface area contributed by atoms with Gasteiger partial charge in [-0.25, -0.2) is 0 Å². The van der Waals surface area contributed by atoms with E-state index in [0.29, 0.717) is 6.61 Å². The molecule has 0 aromatic heterocycles. The average molecular weight is 324 g/mol. The summed E-state index contributed by atoms with van der Waals surface area (Å²) in [6.45, 7) is 5.83. The molecule has 1 aromatic rings. The Kier molecular flexibility index (Phi) is 4.62. The van der Waals surface area contributed by atoms with Crippen LogP contribution >= 0.6 is 0 Å². The first-order chi connectivity index (χ1) is 10.9. The number of benzene rings is 1. The van der Waals surface area contributed by atoms with E-state index in [1.54, 1.807) is 14.0 Å². The van der Waals surface area contributed by atoms with Crippen molar-refractivity contribution in [1.29, 1.82) is 0 Å². The second kappa shape index (κ2) is 6.37. The summed E-state index contributed by atoms with van der Waals surface area (Å²) >= 11 is 0. The summed E-state index contributed by atoms with van der Waals surface area (Å²) in [6, 6.07) is 7.64. The molecule has 2 aliphatic heterocycles. The molecule has 3 rings (SSSR count). The van der Waals surface area contributed by atoms with Gasteiger partial charge in [-0.1, -0.05) is 12.1 Å². The number of aliphatic hydroxyl groups excluding tert-OH is 1. The Morgan fingerprint density at radius 1 is 1.13 bits per heavy atom. The molecule has 5 atom stereocenters. The normalized spacial score (nSPS) is 35.8. The molecule has 0 saturated carbocycles. The van der Waals surface area contributed by atoms with Gasteiger partial charge >= 0.3 is 0 Å². The number of ether oxygens (including phenoxy) is 5. The Morgan fingerprint density at radius 2 is 1.78 bits per heavy atom. The molecule has 0 amide bonds. The van der Waals surface area contributed by atoms with Gasteiger partial charge in [0.1, 0.15) is 24.1 Å². The molecular weight excluding hydrogens is 300 g/mol. The van der Waals surface area contributed by atoms with Crippen LogP contribution in [0.3, 0.4) is 0 Å². The van der Waals surface area contributed by atoms with Gasteiger partial charge in [-0.3, -0.25) is 0 Å². The van der Waals surface area contributed by atoms with E-state index in [4.69, 9.17) is 23.7 Å². The summed E-state index contributed by atoms with van der Waals surface area (Å²) in [6.07, 6.45) is -2.59. The van der Waals surface area contributed by atoms with Gasteiger partial charge in [0.25, 0.3) is 0 Å². The van der Waals surface area contributed by atoms with Crippen molar-refractivity contribution >= 4 is 0 Å². The van der Waals surface area contributed by atoms with Gasteiger partial charge in [-0.2, -0.15) is 0 Å². The van der Waals surface area contributed by atoms with Crippen molar-refractivity contribution in [3.05, 3.63) is 29.8 Å². The maximum atomic E-state index is 10.2. The zero-order valence-corrected chi connectivity index (χ0v) is 13.9. The molecule has 0 bridgehead atoms. The van der Waals surface area contributed by atoms with Crippen LogP contribution in [-0.2, 0) is 25.6 Å². The first-order valence-electron chi connectivity index (χ1n) is 7.83. The van der Waals surface area contributed by atoms with Gasteiger partial charge in [0.15, 0.2) is 12.1 Å². The van der Waals surface area contributed by atoms with E-state index < -0.39 is 30.4 Å². The van der Waals surface area contributed by atoms with Crippen LogP contribution in [0.15, 0.2) is 24.3 Å². The third-order valence-corrected chi connectivity index (χ3v) is 4.17. The van der Waals surface area contributed by atoms with E-state index >= 15 is 0 Å². The lowest BCUT2D eigenvalue weighted by molar-refractivity contribution is -0.275. The van der Waals surface area contributed by atoms with Crippen LogP contribution in [0.2, 0.25) is 0 Å². The van der Waals surface area contributed by atoms with Crippen LogP contribution in [0.25, 0.3) is 0 Å². The van der Waals surface area contributed by atoms with E-state index in [1.807, 2.05) is 38.1 Å². The fraction of sp³-hybridized carbons (Fsp3) is 0.647. The summed E-state index contributed by atoms with van der Waals surface area (Å²) in [5.74, 6) is 0.0413. The van der Waals surface area contributed by atoms with Crippen LogP contribution < -0.4 is 4.74 Å². The van der Waals surface area contributed by atoms with Gasteiger partial charge in [0, 0.05) is 0 Å². The number of hydrogen-bond donors (Lipinski definition) is 1. The molecule has 0 spiro atoms. The lowest BCUT2D eigenvalue weighted by atomic mass is 10.00. The minimum absolute atomic E-state index is 0.379. The Bertz CT molecular complexity index is 528. The molecule has 2 fully saturated rings. The minimum atomic E-state index is -0.758. The van der Waals surface area contributed by atoms with E-state index in [-0.39, 0.29) is 6.10 Å². The van der Waals surface area contributed by atoms with Crippen LogP contribution in [-0.4, -0.2) is 48.7 Å². The van der Waals surface area contributed by atoms with E-state index in [1.165, 1.54) is 0 Å². The molecule has 23 heavy (non-hydrogen) atoms. The number of hydrogen-bond acceptors (Lipinski definition) is 6. The van der Waals surface area contributed by atoms with Crippen molar-refractivity contribution in [3.63, 3.8) is 0 Å². The van der Waals surface area contributed by atoms with Crippen molar-refractivity contribution in [2.24, 2.45) is 0 Å². The highest BCUT2D eigenvalue weighted by atomic mass is 16.8. The largest absolute Gasteiger partial charge is 0.497 e. The predicted molar refractivity (Wildman–Crippen MR) is 81.9 cm³/mol. The lowest BCUT2D eigenvalue weighted by Crippen LogP contribution is -2.55. The molecule has 6 heteroatoms. The SMILES string of the molecule is COc1ccc(CO[C@@H]2O[C@@H](C)[C@H](O)[C@H]3OC(C)(C)O[C@@H]23)cc1. The quantitative estimate of drug-likeness (QED) is 0.911. The highest BCUT2D eigenvalue weighted by molar-refractivity contribution is 5.26. The zero-order valence-electron chi connectivity index (χ0n) is 13.9. The molecule has 0 aliphatic carbocycles. The molecule has 1 N–H and O–H groups in total. The first kappa shape index (κ1) is 16.7. The predicted octanol–water partition coefficient (Wildman–Crippen LogP) is 1.84. The molecule has 2 aliphatic rings. The monoisotopic (exact) mass is 324 g/mol. The second-order valence-corrected chi connectivity index (χ2v) is 6.42. The Hall–Kier alpha value is -1.18. The molecule has 128 valence electrons. The third kappa shape index (κ3) is 3.51. The van der Waals surface area contributed by atoms with Crippen LogP contribution in [0.4, 0.5) is 0 Å². The van der Waals surface area contributed by atoms with Gasteiger partial charge in [0.05, 0.1) is 19.8 Å². The molecule has 0 radical (unpaired) electrons. The molecule has 2 heterocycles. The summed E-state index contributed by atoms with van der Waals surface area (Å²) < 4.78 is 28.5. The van der Waals surface area contributed by atoms with Crippen molar-refractivity contribution < 1.29 is 28.8 Å². The van der Waals surface area contributed by atoms with Gasteiger partial charge < -0.3 is 28.8 Å². The molecule has 0 unspecified atom stereocenters. The Labute approximate surface area is 136 Å². The Morgan fingerprint density at radius 3 is 2.43 bits per heavy atom. The van der Waals surface area contributed by atoms with Gasteiger partial charge in [-0.15, -0.1) is 0 Å². The van der Waals surface area contributed by atoms with Crippen molar-refractivity contribution in [2.45, 2.75) is 63.9 Å². The fourth-order valence-electron chi connectivity index (χ4n) is 2.96. The first-order valence-corrected chi connectivity index (χ1v) is 7.83. The van der Waals surface area contributed by atoms with Gasteiger partial charge in [-0.05, 0) is 38.5 Å². The number of rotatable bonds is 4. The van der Waals surface area contributed by atoms with E-state index in [0.717, 1.165) is 11.3 Å². The minimum Gasteiger partial charge on any atom is -0.497 e. The smallest absolute Gasteiger partial charge is 0.187 e. The summed E-state index contributed by atoms with van der Waals surface area (Å²) in [7, 11) is 1.63. The average Bonchev–Trinajstić information content (AvgIpc) is 2.86. The zero-order chi connectivity index (χ0) is 16.6. The van der Waals surface area contributed by atoms with Crippen LogP contribution in [0, 0.1) is 0 Å². The summed E-state index contributed by atoms with van der Waals surface area (Å²) in [4.78, 5) is 0. The summed E-state index contributed by atoms with van der Waals surface area (Å²) in [5, 5.41) is 10.2. The van der Waals surface area contributed by atoms with Crippen molar-refractivity contribution in [3.8, 4) is 5.75 Å². The highest BCUT2D eigenvalue weighted by Crippen LogP contribution is 2.37. The Balaban J connectivity index is 1.66. The topological polar surface area (TPSA) is 66.4 Å². The van der Waals surface area contributed by atoms with Crippen molar-refractivity contribution in [1.82, 2.24) is 0 Å². The highest BCUT2D eigenvalue weighted by Gasteiger charge is 2.54. The van der Waals surface area contributed by atoms with Crippen LogP contribution in [0.1, 0.15) is 26.3 Å². The standard InChI is InChI=1S/C17H24O6/c1-10-13(18)14-15(23-17(2,3)22-14)16(21-10)20-9-11-5-7-12(19-4)8-6-11/h5-8,10,13-16,18H,9H2,1-4H3/t10-,13-,14+,15+,16+/m0/s1. The number of aliphatic hydroxyl groups is 1. The third-order valence-electron chi connectivity index (χ3n) is 4.17. The molecule has 1 aromatic carbocycles. The molecule has 6 nitrogen and oxygen atoms in total. The number of methoxy groups -OCH3 is 1. The van der Waals surface area contributed by atoms with E-state index in [2.05, 4.69) is 0 Å². The summed E-state index contributed by atoms with van der Waals surface area (Å²) in [5.41, 5.74) is 1.00. The lowest BCUT2D eigenvalue weighted by Gasteiger charge is -2.38. The fourth-order valence-corrected chi connectivity index (χ4v) is 2.96. The number of fused-ring (bicyclic) bond motifs is 1. The molecule has 2 saturated heterocycles. The molecular formula is C17H24O6. The maximum Gasteiger partial charge on any atom is 0.187 e. The van der Waals surface area contributed by atoms with Crippen molar-refractivity contribution in [2.75, 3.05) is 7.11 Å².